The van der Waals surface area contributed by atoms with E-state index in [1.807, 2.05) is 0 Å². The number of hydrogen-bond donors (Lipinski definition) is 1. The Labute approximate surface area is 128 Å². The third-order valence-corrected chi connectivity index (χ3v) is 4.85. The molecular weight excluding hydrogens is 262 g/mol. The molecule has 3 nitrogen and oxygen atoms in total. The topological polar surface area (TPSA) is 30.5 Å². The molecule has 1 saturated carbocycles. The van der Waals surface area contributed by atoms with E-state index in [0.29, 0.717) is 12.1 Å². The molecule has 1 aliphatic carbocycles. The molecule has 1 heterocycles. The summed E-state index contributed by atoms with van der Waals surface area (Å²) in [5.41, 5.74) is 1.42. The standard InChI is InChI=1S/C18H27NO2/c1-2-16(14-15-6-4-3-5-7-15)19-17-8-10-18(11-9-17)20-12-13-21-18/h3-7,16-17,19H,2,8-14H2,1H3. The van der Waals surface area contributed by atoms with Crippen LogP contribution in [0.5, 0.6) is 0 Å². The monoisotopic (exact) mass is 289 g/mol. The van der Waals surface area contributed by atoms with Crippen molar-refractivity contribution in [1.29, 1.82) is 0 Å². The van der Waals surface area contributed by atoms with Crippen molar-refractivity contribution >= 4 is 0 Å². The van der Waals surface area contributed by atoms with Gasteiger partial charge in [-0.2, -0.15) is 0 Å². The van der Waals surface area contributed by atoms with Crippen molar-refractivity contribution < 1.29 is 9.47 Å². The van der Waals surface area contributed by atoms with Crippen molar-refractivity contribution in [2.24, 2.45) is 0 Å². The van der Waals surface area contributed by atoms with Crippen molar-refractivity contribution in [2.75, 3.05) is 13.2 Å². The van der Waals surface area contributed by atoms with Gasteiger partial charge in [-0.05, 0) is 31.2 Å². The van der Waals surface area contributed by atoms with Crippen LogP contribution in [0, 0.1) is 0 Å². The Hall–Kier alpha value is -0.900. The third kappa shape index (κ3) is 3.85. The third-order valence-electron chi connectivity index (χ3n) is 4.85. The normalized spacial score (nSPS) is 23.5. The fourth-order valence-corrected chi connectivity index (χ4v) is 3.56. The molecule has 1 aliphatic heterocycles. The number of rotatable bonds is 5. The SMILES string of the molecule is CCC(Cc1ccccc1)NC1CCC2(CC1)OCCO2. The summed E-state index contributed by atoms with van der Waals surface area (Å²) in [7, 11) is 0. The minimum atomic E-state index is -0.237. The zero-order valence-electron chi connectivity index (χ0n) is 13.0. The summed E-state index contributed by atoms with van der Waals surface area (Å²) in [4.78, 5) is 0. The molecule has 0 aromatic heterocycles. The van der Waals surface area contributed by atoms with Crippen molar-refractivity contribution in [3.05, 3.63) is 35.9 Å². The van der Waals surface area contributed by atoms with Crippen LogP contribution < -0.4 is 5.32 Å². The van der Waals surface area contributed by atoms with Crippen molar-refractivity contribution in [3.8, 4) is 0 Å². The van der Waals surface area contributed by atoms with Crippen LogP contribution in [0.4, 0.5) is 0 Å². The van der Waals surface area contributed by atoms with Gasteiger partial charge >= 0.3 is 0 Å². The summed E-state index contributed by atoms with van der Waals surface area (Å²) in [5.74, 6) is -0.237. The molecule has 1 aromatic rings. The lowest BCUT2D eigenvalue weighted by Crippen LogP contribution is -2.46. The van der Waals surface area contributed by atoms with Crippen LogP contribution in [0.1, 0.15) is 44.6 Å². The van der Waals surface area contributed by atoms with Crippen LogP contribution in [-0.4, -0.2) is 31.1 Å². The smallest absolute Gasteiger partial charge is 0.168 e. The second-order valence-electron chi connectivity index (χ2n) is 6.34. The lowest BCUT2D eigenvalue weighted by molar-refractivity contribution is -0.179. The Morgan fingerprint density at radius 1 is 1.14 bits per heavy atom. The van der Waals surface area contributed by atoms with Crippen LogP contribution in [0.3, 0.4) is 0 Å². The minimum absolute atomic E-state index is 0.237. The van der Waals surface area contributed by atoms with E-state index >= 15 is 0 Å². The quantitative estimate of drug-likeness (QED) is 0.902. The molecule has 116 valence electrons. The number of hydrogen-bond acceptors (Lipinski definition) is 3. The fourth-order valence-electron chi connectivity index (χ4n) is 3.56. The zero-order valence-corrected chi connectivity index (χ0v) is 13.0. The highest BCUT2D eigenvalue weighted by molar-refractivity contribution is 5.15. The van der Waals surface area contributed by atoms with Crippen LogP contribution in [0.2, 0.25) is 0 Å². The molecule has 0 radical (unpaired) electrons. The Morgan fingerprint density at radius 3 is 2.43 bits per heavy atom. The average Bonchev–Trinajstić information content (AvgIpc) is 2.98. The number of nitrogens with one attached hydrogen (secondary N) is 1. The minimum Gasteiger partial charge on any atom is -0.348 e. The summed E-state index contributed by atoms with van der Waals surface area (Å²) >= 11 is 0. The molecule has 1 saturated heterocycles. The predicted molar refractivity (Wildman–Crippen MR) is 84.3 cm³/mol. The van der Waals surface area contributed by atoms with Crippen LogP contribution in [0.15, 0.2) is 30.3 Å². The Kier molecular flexibility index (Phi) is 4.94. The predicted octanol–water partition coefficient (Wildman–Crippen LogP) is 3.28. The molecule has 0 bridgehead atoms. The van der Waals surface area contributed by atoms with Gasteiger partial charge in [-0.3, -0.25) is 0 Å². The molecule has 1 atom stereocenters. The van der Waals surface area contributed by atoms with E-state index in [1.54, 1.807) is 0 Å². The van der Waals surface area contributed by atoms with Crippen LogP contribution in [-0.2, 0) is 15.9 Å². The van der Waals surface area contributed by atoms with E-state index in [0.717, 1.165) is 45.3 Å². The van der Waals surface area contributed by atoms with Crippen LogP contribution >= 0.6 is 0 Å². The van der Waals surface area contributed by atoms with Crippen molar-refractivity contribution in [3.63, 3.8) is 0 Å². The summed E-state index contributed by atoms with van der Waals surface area (Å²) in [5, 5.41) is 3.85. The molecular formula is C18H27NO2. The first-order valence-corrected chi connectivity index (χ1v) is 8.37. The van der Waals surface area contributed by atoms with Crippen molar-refractivity contribution in [1.82, 2.24) is 5.32 Å². The van der Waals surface area contributed by atoms with Crippen molar-refractivity contribution in [2.45, 2.75) is 63.3 Å². The zero-order chi connectivity index (χ0) is 14.5. The molecule has 21 heavy (non-hydrogen) atoms. The van der Waals surface area contributed by atoms with Gasteiger partial charge in [0.05, 0.1) is 13.2 Å². The molecule has 1 unspecified atom stereocenters. The second kappa shape index (κ2) is 6.91. The highest BCUT2D eigenvalue weighted by atomic mass is 16.7. The summed E-state index contributed by atoms with van der Waals surface area (Å²) in [6.45, 7) is 3.81. The van der Waals surface area contributed by atoms with E-state index in [9.17, 15) is 0 Å². The molecule has 0 amide bonds. The van der Waals surface area contributed by atoms with E-state index in [4.69, 9.17) is 9.47 Å². The van der Waals surface area contributed by atoms with Gasteiger partial charge < -0.3 is 14.8 Å². The first-order valence-electron chi connectivity index (χ1n) is 8.37. The molecule has 1 aromatic carbocycles. The van der Waals surface area contributed by atoms with Gasteiger partial charge in [0.15, 0.2) is 5.79 Å². The van der Waals surface area contributed by atoms with E-state index < -0.39 is 0 Å². The molecule has 1 N–H and O–H groups in total. The van der Waals surface area contributed by atoms with Gasteiger partial charge in [0.2, 0.25) is 0 Å². The molecule has 2 fully saturated rings. The lowest BCUT2D eigenvalue weighted by Gasteiger charge is -2.37. The van der Waals surface area contributed by atoms with Gasteiger partial charge in [-0.1, -0.05) is 37.3 Å². The maximum absolute atomic E-state index is 5.81. The van der Waals surface area contributed by atoms with Gasteiger partial charge in [-0.15, -0.1) is 0 Å². The molecule has 1 spiro atoms. The Balaban J connectivity index is 1.49. The first-order chi connectivity index (χ1) is 10.3. The highest BCUT2D eigenvalue weighted by Gasteiger charge is 2.40. The maximum atomic E-state index is 5.81. The molecule has 3 heteroatoms. The fraction of sp³-hybridized carbons (Fsp3) is 0.667. The summed E-state index contributed by atoms with van der Waals surface area (Å²) in [6, 6.07) is 12.0. The van der Waals surface area contributed by atoms with Gasteiger partial charge in [0.1, 0.15) is 0 Å². The van der Waals surface area contributed by atoms with E-state index in [1.165, 1.54) is 12.0 Å². The second-order valence-corrected chi connectivity index (χ2v) is 6.34. The van der Waals surface area contributed by atoms with Gasteiger partial charge in [-0.25, -0.2) is 0 Å². The highest BCUT2D eigenvalue weighted by Crippen LogP contribution is 2.35. The molecule has 3 rings (SSSR count). The van der Waals surface area contributed by atoms with Crippen LogP contribution in [0.25, 0.3) is 0 Å². The first kappa shape index (κ1) is 15.0. The van der Waals surface area contributed by atoms with E-state index in [-0.39, 0.29) is 5.79 Å². The largest absolute Gasteiger partial charge is 0.348 e. The maximum Gasteiger partial charge on any atom is 0.168 e. The summed E-state index contributed by atoms with van der Waals surface area (Å²) in [6.07, 6.45) is 6.67. The number of ether oxygens (including phenoxy) is 2. The Bertz CT molecular complexity index is 418. The van der Waals surface area contributed by atoms with Gasteiger partial charge in [0, 0.05) is 24.9 Å². The Morgan fingerprint density at radius 2 is 1.81 bits per heavy atom. The lowest BCUT2D eigenvalue weighted by atomic mass is 9.89. The summed E-state index contributed by atoms with van der Waals surface area (Å²) < 4.78 is 11.6. The molecule has 2 aliphatic rings. The van der Waals surface area contributed by atoms with E-state index in [2.05, 4.69) is 42.6 Å². The average molecular weight is 289 g/mol. The number of benzene rings is 1. The van der Waals surface area contributed by atoms with Gasteiger partial charge in [0.25, 0.3) is 0 Å².